The molecule has 1 aliphatic heterocycles. The number of nitrogens with zero attached hydrogens (tertiary/aromatic N) is 2. The number of rotatable bonds is 8. The Hall–Kier alpha value is -3.75. The molecule has 2 aromatic carbocycles. The molecule has 1 saturated heterocycles. The molecular weight excluding hydrogens is 430 g/mol. The summed E-state index contributed by atoms with van der Waals surface area (Å²) in [5, 5.41) is 8.53. The van der Waals surface area contributed by atoms with Crippen LogP contribution in [-0.2, 0) is 24.4 Å². The number of hydrogen-bond acceptors (Lipinski definition) is 5. The molecule has 0 spiro atoms. The number of benzene rings is 2. The quantitative estimate of drug-likeness (QED) is 0.481. The van der Waals surface area contributed by atoms with Gasteiger partial charge in [-0.15, -0.1) is 0 Å². The molecule has 3 N–H and O–H groups in total. The minimum Gasteiger partial charge on any atom is -0.379 e. The Morgan fingerprint density at radius 1 is 0.853 bits per heavy atom. The van der Waals surface area contributed by atoms with Gasteiger partial charge >= 0.3 is 6.03 Å². The SMILES string of the molecule is O=C(NCc1cccnc1)Nc1ccc(CNC(=O)c2ccc(CN3CCOCC3)cc2)cc1. The van der Waals surface area contributed by atoms with Crippen LogP contribution in [0.2, 0.25) is 0 Å². The minimum atomic E-state index is -0.290. The van der Waals surface area contributed by atoms with E-state index in [4.69, 9.17) is 4.74 Å². The maximum absolute atomic E-state index is 12.5. The van der Waals surface area contributed by atoms with Gasteiger partial charge in [0, 0.05) is 56.4 Å². The predicted octanol–water partition coefficient (Wildman–Crippen LogP) is 3.17. The van der Waals surface area contributed by atoms with Crippen molar-refractivity contribution in [3.63, 3.8) is 0 Å². The number of hydrogen-bond donors (Lipinski definition) is 3. The van der Waals surface area contributed by atoms with Crippen LogP contribution in [-0.4, -0.2) is 48.1 Å². The molecule has 34 heavy (non-hydrogen) atoms. The second-order valence-corrected chi connectivity index (χ2v) is 8.13. The first-order valence-corrected chi connectivity index (χ1v) is 11.4. The van der Waals surface area contributed by atoms with Crippen molar-refractivity contribution in [3.8, 4) is 0 Å². The number of aromatic nitrogens is 1. The average molecular weight is 460 g/mol. The third-order valence-corrected chi connectivity index (χ3v) is 5.57. The lowest BCUT2D eigenvalue weighted by atomic mass is 10.1. The number of nitrogens with one attached hydrogen (secondary N) is 3. The molecule has 1 aromatic heterocycles. The molecule has 0 bridgehead atoms. The summed E-state index contributed by atoms with van der Waals surface area (Å²) in [4.78, 5) is 31.0. The van der Waals surface area contributed by atoms with Gasteiger partial charge in [0.1, 0.15) is 0 Å². The van der Waals surface area contributed by atoms with Crippen LogP contribution in [0.4, 0.5) is 10.5 Å². The lowest BCUT2D eigenvalue weighted by molar-refractivity contribution is 0.0342. The molecule has 8 heteroatoms. The number of pyridine rings is 1. The molecule has 176 valence electrons. The highest BCUT2D eigenvalue weighted by molar-refractivity contribution is 5.94. The molecule has 0 aliphatic carbocycles. The molecule has 0 radical (unpaired) electrons. The first-order chi connectivity index (χ1) is 16.7. The number of urea groups is 1. The molecular formula is C26H29N5O3. The van der Waals surface area contributed by atoms with E-state index in [1.807, 2.05) is 60.7 Å². The van der Waals surface area contributed by atoms with Crippen molar-refractivity contribution in [1.29, 1.82) is 0 Å². The van der Waals surface area contributed by atoms with Gasteiger partial charge in [0.25, 0.3) is 5.91 Å². The summed E-state index contributed by atoms with van der Waals surface area (Å²) < 4.78 is 5.38. The Morgan fingerprint density at radius 3 is 2.26 bits per heavy atom. The number of amides is 3. The number of ether oxygens (including phenoxy) is 1. The van der Waals surface area contributed by atoms with Gasteiger partial charge in [0.15, 0.2) is 0 Å². The molecule has 0 saturated carbocycles. The van der Waals surface area contributed by atoms with Crippen LogP contribution in [0.15, 0.2) is 73.1 Å². The van der Waals surface area contributed by atoms with E-state index in [1.54, 1.807) is 12.4 Å². The summed E-state index contributed by atoms with van der Waals surface area (Å²) in [6.07, 6.45) is 3.40. The summed E-state index contributed by atoms with van der Waals surface area (Å²) in [6.45, 7) is 5.10. The fourth-order valence-electron chi connectivity index (χ4n) is 3.63. The standard InChI is InChI=1S/C26H29N5O3/c32-25(23-7-3-21(4-8-23)19-31-12-14-34-15-13-31)28-17-20-5-9-24(10-6-20)30-26(33)29-18-22-2-1-11-27-16-22/h1-11,16H,12-15,17-19H2,(H,28,32)(H2,29,30,33). The van der Waals surface area contributed by atoms with Gasteiger partial charge < -0.3 is 20.7 Å². The van der Waals surface area contributed by atoms with Gasteiger partial charge in [-0.1, -0.05) is 30.3 Å². The van der Waals surface area contributed by atoms with Gasteiger partial charge in [-0.3, -0.25) is 14.7 Å². The van der Waals surface area contributed by atoms with Gasteiger partial charge in [-0.05, 0) is 47.0 Å². The summed E-state index contributed by atoms with van der Waals surface area (Å²) in [5.41, 5.74) is 4.36. The van der Waals surface area contributed by atoms with E-state index in [9.17, 15) is 9.59 Å². The first kappa shape index (κ1) is 23.4. The van der Waals surface area contributed by atoms with Crippen molar-refractivity contribution in [2.24, 2.45) is 0 Å². The van der Waals surface area contributed by atoms with E-state index in [-0.39, 0.29) is 11.9 Å². The van der Waals surface area contributed by atoms with Crippen LogP contribution in [0, 0.1) is 0 Å². The largest absolute Gasteiger partial charge is 0.379 e. The van der Waals surface area contributed by atoms with Crippen molar-refractivity contribution in [2.45, 2.75) is 19.6 Å². The van der Waals surface area contributed by atoms with Gasteiger partial charge in [-0.25, -0.2) is 4.79 Å². The summed E-state index contributed by atoms with van der Waals surface area (Å²) in [6, 6.07) is 18.5. The smallest absolute Gasteiger partial charge is 0.319 e. The van der Waals surface area contributed by atoms with Crippen LogP contribution in [0.3, 0.4) is 0 Å². The summed E-state index contributed by atoms with van der Waals surface area (Å²) >= 11 is 0. The van der Waals surface area contributed by atoms with E-state index in [0.717, 1.165) is 44.0 Å². The van der Waals surface area contributed by atoms with Crippen LogP contribution in [0.25, 0.3) is 0 Å². The molecule has 8 nitrogen and oxygen atoms in total. The minimum absolute atomic E-state index is 0.116. The maximum Gasteiger partial charge on any atom is 0.319 e. The highest BCUT2D eigenvalue weighted by Gasteiger charge is 2.11. The Kier molecular flexibility index (Phi) is 8.21. The molecule has 1 fully saturated rings. The number of anilines is 1. The number of carbonyl (C=O) groups excluding carboxylic acids is 2. The van der Waals surface area contributed by atoms with Crippen LogP contribution in [0.1, 0.15) is 27.0 Å². The van der Waals surface area contributed by atoms with E-state index >= 15 is 0 Å². The van der Waals surface area contributed by atoms with E-state index in [1.165, 1.54) is 5.56 Å². The topological polar surface area (TPSA) is 95.6 Å². The van der Waals surface area contributed by atoms with Gasteiger partial charge in [0.2, 0.25) is 0 Å². The Morgan fingerprint density at radius 2 is 1.56 bits per heavy atom. The van der Waals surface area contributed by atoms with E-state index < -0.39 is 0 Å². The normalized spacial score (nSPS) is 13.8. The Balaban J connectivity index is 1.20. The maximum atomic E-state index is 12.5. The molecule has 1 aliphatic rings. The predicted molar refractivity (Wildman–Crippen MR) is 130 cm³/mol. The zero-order chi connectivity index (χ0) is 23.6. The molecule has 3 amide bonds. The third-order valence-electron chi connectivity index (χ3n) is 5.57. The van der Waals surface area contributed by atoms with Crippen molar-refractivity contribution in [3.05, 3.63) is 95.3 Å². The third kappa shape index (κ3) is 7.13. The van der Waals surface area contributed by atoms with Crippen molar-refractivity contribution < 1.29 is 14.3 Å². The van der Waals surface area contributed by atoms with Crippen LogP contribution >= 0.6 is 0 Å². The second-order valence-electron chi connectivity index (χ2n) is 8.13. The van der Waals surface area contributed by atoms with Crippen molar-refractivity contribution in [1.82, 2.24) is 20.5 Å². The van der Waals surface area contributed by atoms with Gasteiger partial charge in [0.05, 0.1) is 13.2 Å². The molecule has 4 rings (SSSR count). The highest BCUT2D eigenvalue weighted by Crippen LogP contribution is 2.12. The monoisotopic (exact) mass is 459 g/mol. The zero-order valence-electron chi connectivity index (χ0n) is 19.0. The Labute approximate surface area is 199 Å². The highest BCUT2D eigenvalue weighted by atomic mass is 16.5. The number of morpholine rings is 1. The Bertz CT molecular complexity index is 1070. The fourth-order valence-corrected chi connectivity index (χ4v) is 3.63. The second kappa shape index (κ2) is 11.9. The van der Waals surface area contributed by atoms with E-state index in [0.29, 0.717) is 24.3 Å². The van der Waals surface area contributed by atoms with Crippen LogP contribution < -0.4 is 16.0 Å². The zero-order valence-corrected chi connectivity index (χ0v) is 19.0. The summed E-state index contributed by atoms with van der Waals surface area (Å²) in [7, 11) is 0. The molecule has 0 atom stereocenters. The lowest BCUT2D eigenvalue weighted by Gasteiger charge is -2.26. The molecule has 3 aromatic rings. The number of carbonyl (C=O) groups is 2. The van der Waals surface area contributed by atoms with Crippen LogP contribution in [0.5, 0.6) is 0 Å². The average Bonchev–Trinajstić information content (AvgIpc) is 2.88. The first-order valence-electron chi connectivity index (χ1n) is 11.4. The van der Waals surface area contributed by atoms with Crippen molar-refractivity contribution >= 4 is 17.6 Å². The molecule has 2 heterocycles. The summed E-state index contributed by atoms with van der Waals surface area (Å²) in [5.74, 6) is -0.116. The fraction of sp³-hybridized carbons (Fsp3) is 0.269. The van der Waals surface area contributed by atoms with E-state index in [2.05, 4.69) is 25.8 Å². The molecule has 0 unspecified atom stereocenters. The lowest BCUT2D eigenvalue weighted by Crippen LogP contribution is -2.35. The van der Waals surface area contributed by atoms with Crippen molar-refractivity contribution in [2.75, 3.05) is 31.6 Å². The van der Waals surface area contributed by atoms with Gasteiger partial charge in [-0.2, -0.15) is 0 Å².